The van der Waals surface area contributed by atoms with Gasteiger partial charge >= 0.3 is 0 Å². The molecule has 2 amide bonds. The van der Waals surface area contributed by atoms with E-state index in [0.29, 0.717) is 37.4 Å². The summed E-state index contributed by atoms with van der Waals surface area (Å²) >= 11 is 0. The normalized spacial score (nSPS) is 13.9. The number of nitrogens with one attached hydrogen (secondary N) is 1. The predicted octanol–water partition coefficient (Wildman–Crippen LogP) is 3.26. The molecule has 3 rings (SSSR count). The molecule has 1 aliphatic heterocycles. The van der Waals surface area contributed by atoms with Crippen molar-refractivity contribution in [1.29, 1.82) is 0 Å². The second-order valence-electron chi connectivity index (χ2n) is 6.66. The Morgan fingerprint density at radius 2 is 1.64 bits per heavy atom. The molecule has 1 fully saturated rings. The van der Waals surface area contributed by atoms with E-state index in [1.54, 1.807) is 29.2 Å². The number of rotatable bonds is 6. The van der Waals surface area contributed by atoms with Gasteiger partial charge in [0.1, 0.15) is 0 Å². The quantitative estimate of drug-likeness (QED) is 0.834. The van der Waals surface area contributed by atoms with E-state index in [1.165, 1.54) is 0 Å². The molecule has 0 atom stereocenters. The standard InChI is InChI=1S/C22H27N3O3/c1-3-24(4-2)20-10-8-19(9-11-20)23-21(26)17-6-5-7-18(16-17)22(27)25-12-14-28-15-13-25/h5-11,16H,3-4,12-15H2,1-2H3,(H,23,26). The smallest absolute Gasteiger partial charge is 0.255 e. The second kappa shape index (κ2) is 9.37. The lowest BCUT2D eigenvalue weighted by Gasteiger charge is -2.27. The van der Waals surface area contributed by atoms with Crippen LogP contribution in [0.5, 0.6) is 0 Å². The lowest BCUT2D eigenvalue weighted by Crippen LogP contribution is -2.40. The van der Waals surface area contributed by atoms with E-state index in [4.69, 9.17) is 4.74 Å². The van der Waals surface area contributed by atoms with Gasteiger partial charge in [0, 0.05) is 48.7 Å². The summed E-state index contributed by atoms with van der Waals surface area (Å²) in [5, 5.41) is 2.90. The summed E-state index contributed by atoms with van der Waals surface area (Å²) in [5.41, 5.74) is 2.84. The minimum atomic E-state index is -0.229. The van der Waals surface area contributed by atoms with E-state index in [-0.39, 0.29) is 11.8 Å². The maximum atomic E-state index is 12.6. The lowest BCUT2D eigenvalue weighted by atomic mass is 10.1. The fourth-order valence-electron chi connectivity index (χ4n) is 3.29. The number of carbonyl (C=O) groups excluding carboxylic acids is 2. The summed E-state index contributed by atoms with van der Waals surface area (Å²) in [7, 11) is 0. The Morgan fingerprint density at radius 1 is 1.00 bits per heavy atom. The Bertz CT molecular complexity index is 810. The third-order valence-corrected chi connectivity index (χ3v) is 4.92. The molecule has 28 heavy (non-hydrogen) atoms. The van der Waals surface area contributed by atoms with Gasteiger partial charge in [0.25, 0.3) is 11.8 Å². The molecular weight excluding hydrogens is 354 g/mol. The molecule has 1 N–H and O–H groups in total. The number of nitrogens with zero attached hydrogens (tertiary/aromatic N) is 2. The van der Waals surface area contributed by atoms with Crippen LogP contribution in [0.2, 0.25) is 0 Å². The predicted molar refractivity (Wildman–Crippen MR) is 111 cm³/mol. The summed E-state index contributed by atoms with van der Waals surface area (Å²) in [4.78, 5) is 29.3. The van der Waals surface area contributed by atoms with Crippen LogP contribution in [0.25, 0.3) is 0 Å². The fourth-order valence-corrected chi connectivity index (χ4v) is 3.29. The van der Waals surface area contributed by atoms with Gasteiger partial charge in [-0.3, -0.25) is 9.59 Å². The van der Waals surface area contributed by atoms with Gasteiger partial charge < -0.3 is 19.9 Å². The minimum Gasteiger partial charge on any atom is -0.378 e. The van der Waals surface area contributed by atoms with Gasteiger partial charge in [-0.25, -0.2) is 0 Å². The van der Waals surface area contributed by atoms with Gasteiger partial charge in [-0.2, -0.15) is 0 Å². The maximum absolute atomic E-state index is 12.6. The van der Waals surface area contributed by atoms with Gasteiger partial charge in [0.05, 0.1) is 13.2 Å². The topological polar surface area (TPSA) is 61.9 Å². The highest BCUT2D eigenvalue weighted by atomic mass is 16.5. The molecule has 0 saturated carbocycles. The summed E-state index contributed by atoms with van der Waals surface area (Å²) < 4.78 is 5.29. The van der Waals surface area contributed by atoms with Crippen LogP contribution in [0.3, 0.4) is 0 Å². The third-order valence-electron chi connectivity index (χ3n) is 4.92. The first-order valence-electron chi connectivity index (χ1n) is 9.75. The lowest BCUT2D eigenvalue weighted by molar-refractivity contribution is 0.0303. The minimum absolute atomic E-state index is 0.0680. The molecular formula is C22H27N3O3. The molecule has 1 heterocycles. The van der Waals surface area contributed by atoms with Crippen LogP contribution >= 0.6 is 0 Å². The van der Waals surface area contributed by atoms with Crippen molar-refractivity contribution < 1.29 is 14.3 Å². The van der Waals surface area contributed by atoms with E-state index >= 15 is 0 Å². The van der Waals surface area contributed by atoms with E-state index in [2.05, 4.69) is 24.1 Å². The average Bonchev–Trinajstić information content (AvgIpc) is 2.76. The molecule has 0 bridgehead atoms. The molecule has 0 unspecified atom stereocenters. The van der Waals surface area contributed by atoms with Crippen molar-refractivity contribution in [2.75, 3.05) is 49.6 Å². The molecule has 148 valence electrons. The number of amides is 2. The first-order valence-corrected chi connectivity index (χ1v) is 9.75. The first-order chi connectivity index (χ1) is 13.6. The average molecular weight is 381 g/mol. The zero-order valence-corrected chi connectivity index (χ0v) is 16.5. The number of hydrogen-bond donors (Lipinski definition) is 1. The molecule has 1 aliphatic rings. The molecule has 0 aromatic heterocycles. The molecule has 6 nitrogen and oxygen atoms in total. The van der Waals surface area contributed by atoms with E-state index < -0.39 is 0 Å². The Labute approximate surface area is 166 Å². The molecule has 0 radical (unpaired) electrons. The van der Waals surface area contributed by atoms with Crippen LogP contribution in [-0.4, -0.2) is 56.1 Å². The van der Waals surface area contributed by atoms with Crippen LogP contribution in [0.1, 0.15) is 34.6 Å². The fraction of sp³-hybridized carbons (Fsp3) is 0.364. The summed E-state index contributed by atoms with van der Waals surface area (Å²) in [6.45, 7) is 8.36. The Kier molecular flexibility index (Phi) is 6.66. The molecule has 2 aromatic rings. The number of morpholine rings is 1. The monoisotopic (exact) mass is 381 g/mol. The van der Waals surface area contributed by atoms with Crippen molar-refractivity contribution in [1.82, 2.24) is 4.90 Å². The zero-order valence-electron chi connectivity index (χ0n) is 16.5. The molecule has 6 heteroatoms. The first kappa shape index (κ1) is 19.9. The maximum Gasteiger partial charge on any atom is 0.255 e. The number of benzene rings is 2. The summed E-state index contributed by atoms with van der Waals surface area (Å²) in [6, 6.07) is 14.6. The number of anilines is 2. The van der Waals surface area contributed by atoms with Crippen molar-refractivity contribution in [3.8, 4) is 0 Å². The van der Waals surface area contributed by atoms with Crippen LogP contribution in [-0.2, 0) is 4.74 Å². The molecule has 2 aromatic carbocycles. The van der Waals surface area contributed by atoms with Gasteiger partial charge in [-0.1, -0.05) is 6.07 Å². The van der Waals surface area contributed by atoms with Gasteiger partial charge in [0.15, 0.2) is 0 Å². The highest BCUT2D eigenvalue weighted by Crippen LogP contribution is 2.19. The van der Waals surface area contributed by atoms with Crippen LogP contribution in [0.15, 0.2) is 48.5 Å². The van der Waals surface area contributed by atoms with E-state index in [0.717, 1.165) is 24.5 Å². The Hall–Kier alpha value is -2.86. The Morgan fingerprint density at radius 3 is 2.29 bits per heavy atom. The van der Waals surface area contributed by atoms with Gasteiger partial charge in [-0.15, -0.1) is 0 Å². The van der Waals surface area contributed by atoms with Crippen molar-refractivity contribution in [2.24, 2.45) is 0 Å². The molecule has 0 spiro atoms. The van der Waals surface area contributed by atoms with Gasteiger partial charge in [0.2, 0.25) is 0 Å². The summed E-state index contributed by atoms with van der Waals surface area (Å²) in [6.07, 6.45) is 0. The van der Waals surface area contributed by atoms with Crippen molar-refractivity contribution in [2.45, 2.75) is 13.8 Å². The molecule has 1 saturated heterocycles. The van der Waals surface area contributed by atoms with Crippen LogP contribution < -0.4 is 10.2 Å². The van der Waals surface area contributed by atoms with Crippen LogP contribution in [0.4, 0.5) is 11.4 Å². The van der Waals surface area contributed by atoms with Crippen LogP contribution in [0, 0.1) is 0 Å². The van der Waals surface area contributed by atoms with Crippen molar-refractivity contribution in [3.05, 3.63) is 59.7 Å². The number of carbonyl (C=O) groups is 2. The third kappa shape index (κ3) is 4.70. The molecule has 0 aliphatic carbocycles. The van der Waals surface area contributed by atoms with E-state index in [9.17, 15) is 9.59 Å². The highest BCUT2D eigenvalue weighted by Gasteiger charge is 2.19. The zero-order chi connectivity index (χ0) is 19.9. The SMILES string of the molecule is CCN(CC)c1ccc(NC(=O)c2cccc(C(=O)N3CCOCC3)c2)cc1. The highest BCUT2D eigenvalue weighted by molar-refractivity contribution is 6.06. The van der Waals surface area contributed by atoms with Gasteiger partial charge in [-0.05, 0) is 56.3 Å². The summed E-state index contributed by atoms with van der Waals surface area (Å²) in [5.74, 6) is -0.297. The van der Waals surface area contributed by atoms with Crippen molar-refractivity contribution >= 4 is 23.2 Å². The number of ether oxygens (including phenoxy) is 1. The largest absolute Gasteiger partial charge is 0.378 e. The van der Waals surface area contributed by atoms with Crippen molar-refractivity contribution in [3.63, 3.8) is 0 Å². The second-order valence-corrected chi connectivity index (χ2v) is 6.66. The van der Waals surface area contributed by atoms with E-state index in [1.807, 2.05) is 24.3 Å². The Balaban J connectivity index is 1.68. The number of hydrogen-bond acceptors (Lipinski definition) is 4.